The van der Waals surface area contributed by atoms with Crippen LogP contribution in [0.1, 0.15) is 17.3 Å². The van der Waals surface area contributed by atoms with Crippen molar-refractivity contribution in [1.82, 2.24) is 5.32 Å². The molecule has 0 spiro atoms. The van der Waals surface area contributed by atoms with Crippen LogP contribution in [0.25, 0.3) is 0 Å². The minimum atomic E-state index is -0.285. The van der Waals surface area contributed by atoms with Crippen molar-refractivity contribution in [3.05, 3.63) is 29.8 Å². The number of nitrogens with two attached hydrogens (primary N) is 1. The molecule has 0 saturated carbocycles. The lowest BCUT2D eigenvalue weighted by molar-refractivity contribution is -0.116. The van der Waals surface area contributed by atoms with Gasteiger partial charge in [0.25, 0.3) is 5.91 Å². The molecule has 0 heterocycles. The lowest BCUT2D eigenvalue weighted by atomic mass is 10.2. The molecule has 3 N–H and O–H groups in total. The van der Waals surface area contributed by atoms with E-state index in [9.17, 15) is 9.59 Å². The second-order valence-electron chi connectivity index (χ2n) is 3.01. The van der Waals surface area contributed by atoms with Gasteiger partial charge < -0.3 is 11.1 Å². The molecular weight excluding hydrogens is 180 g/mol. The normalized spacial score (nSPS) is 9.50. The second kappa shape index (κ2) is 4.41. The average Bonchev–Trinajstić information content (AvgIpc) is 2.14. The zero-order valence-corrected chi connectivity index (χ0v) is 7.91. The summed E-state index contributed by atoms with van der Waals surface area (Å²) in [6, 6.07) is 6.60. The number of benzene rings is 1. The van der Waals surface area contributed by atoms with E-state index in [4.69, 9.17) is 5.73 Å². The molecule has 4 nitrogen and oxygen atoms in total. The predicted molar refractivity (Wildman–Crippen MR) is 53.9 cm³/mol. The number of carbonyl (C=O) groups excluding carboxylic acids is 2. The number of hydrogen-bond donors (Lipinski definition) is 2. The molecule has 1 aromatic carbocycles. The van der Waals surface area contributed by atoms with Crippen LogP contribution in [-0.4, -0.2) is 18.2 Å². The number of Topliss-reactive ketones (excluding diaryl/α,β-unsaturated/α-hetero) is 1. The Bertz CT molecular complexity index is 361. The van der Waals surface area contributed by atoms with Crippen molar-refractivity contribution in [2.24, 2.45) is 0 Å². The van der Waals surface area contributed by atoms with Gasteiger partial charge >= 0.3 is 0 Å². The molecule has 0 aliphatic rings. The molecule has 1 rings (SSSR count). The first-order valence-electron chi connectivity index (χ1n) is 4.23. The fraction of sp³-hybridized carbons (Fsp3) is 0.200. The fourth-order valence-electron chi connectivity index (χ4n) is 0.987. The summed E-state index contributed by atoms with van der Waals surface area (Å²) in [5.41, 5.74) is 6.50. The molecule has 4 heteroatoms. The first-order valence-corrected chi connectivity index (χ1v) is 4.23. The monoisotopic (exact) mass is 192 g/mol. The summed E-state index contributed by atoms with van der Waals surface area (Å²) in [5.74, 6) is -0.366. The molecule has 0 unspecified atom stereocenters. The molecule has 1 aromatic rings. The van der Waals surface area contributed by atoms with Gasteiger partial charge in [0, 0.05) is 11.3 Å². The molecule has 0 atom stereocenters. The van der Waals surface area contributed by atoms with Crippen molar-refractivity contribution in [3.63, 3.8) is 0 Å². The van der Waals surface area contributed by atoms with E-state index in [1.807, 2.05) is 0 Å². The van der Waals surface area contributed by atoms with E-state index in [0.717, 1.165) is 0 Å². The van der Waals surface area contributed by atoms with Crippen LogP contribution >= 0.6 is 0 Å². The van der Waals surface area contributed by atoms with E-state index in [1.165, 1.54) is 6.92 Å². The first kappa shape index (κ1) is 10.2. The molecule has 0 bridgehead atoms. The van der Waals surface area contributed by atoms with Crippen LogP contribution in [-0.2, 0) is 4.79 Å². The topological polar surface area (TPSA) is 72.2 Å². The number of carbonyl (C=O) groups is 2. The van der Waals surface area contributed by atoms with Gasteiger partial charge in [0.05, 0.1) is 6.54 Å². The second-order valence-corrected chi connectivity index (χ2v) is 3.01. The Hall–Kier alpha value is -1.84. The smallest absolute Gasteiger partial charge is 0.251 e. The van der Waals surface area contributed by atoms with Crippen molar-refractivity contribution in [1.29, 1.82) is 0 Å². The molecule has 0 saturated heterocycles. The summed E-state index contributed by atoms with van der Waals surface area (Å²) in [7, 11) is 0. The lowest BCUT2D eigenvalue weighted by Gasteiger charge is -2.03. The highest BCUT2D eigenvalue weighted by atomic mass is 16.2. The highest BCUT2D eigenvalue weighted by Crippen LogP contribution is 2.05. The van der Waals surface area contributed by atoms with Crippen molar-refractivity contribution < 1.29 is 9.59 Å². The SMILES string of the molecule is CC(=O)CNC(=O)c1cccc(N)c1. The quantitative estimate of drug-likeness (QED) is 0.688. The third-order valence-electron chi connectivity index (χ3n) is 1.65. The largest absolute Gasteiger partial charge is 0.399 e. The third kappa shape index (κ3) is 2.90. The van der Waals surface area contributed by atoms with Crippen LogP contribution in [0.2, 0.25) is 0 Å². The van der Waals surface area contributed by atoms with Gasteiger partial charge in [0.1, 0.15) is 5.78 Å². The minimum Gasteiger partial charge on any atom is -0.399 e. The van der Waals surface area contributed by atoms with Crippen molar-refractivity contribution in [3.8, 4) is 0 Å². The first-order chi connectivity index (χ1) is 6.59. The summed E-state index contributed by atoms with van der Waals surface area (Å²) in [6.45, 7) is 1.47. The van der Waals surface area contributed by atoms with Crippen molar-refractivity contribution in [2.75, 3.05) is 12.3 Å². The van der Waals surface area contributed by atoms with Crippen LogP contribution in [0.15, 0.2) is 24.3 Å². The van der Waals surface area contributed by atoms with E-state index >= 15 is 0 Å². The maximum Gasteiger partial charge on any atom is 0.251 e. The number of hydrogen-bond acceptors (Lipinski definition) is 3. The molecule has 14 heavy (non-hydrogen) atoms. The van der Waals surface area contributed by atoms with Gasteiger partial charge in [-0.05, 0) is 25.1 Å². The van der Waals surface area contributed by atoms with Gasteiger partial charge in [0.15, 0.2) is 0 Å². The van der Waals surface area contributed by atoms with Gasteiger partial charge in [-0.25, -0.2) is 0 Å². The molecule has 0 aliphatic heterocycles. The summed E-state index contributed by atoms with van der Waals surface area (Å²) in [4.78, 5) is 22.0. The standard InChI is InChI=1S/C10H12N2O2/c1-7(13)6-12-10(14)8-3-2-4-9(11)5-8/h2-5H,6,11H2,1H3,(H,12,14). The Balaban J connectivity index is 2.65. The van der Waals surface area contributed by atoms with Gasteiger partial charge in [0.2, 0.25) is 0 Å². The van der Waals surface area contributed by atoms with Gasteiger partial charge in [-0.1, -0.05) is 6.07 Å². The van der Waals surface area contributed by atoms with E-state index in [0.29, 0.717) is 11.3 Å². The molecular formula is C10H12N2O2. The number of ketones is 1. The van der Waals surface area contributed by atoms with E-state index in [1.54, 1.807) is 24.3 Å². The van der Waals surface area contributed by atoms with Crippen LogP contribution < -0.4 is 11.1 Å². The van der Waals surface area contributed by atoms with Gasteiger partial charge in [-0.2, -0.15) is 0 Å². The fourth-order valence-corrected chi connectivity index (χ4v) is 0.987. The lowest BCUT2D eigenvalue weighted by Crippen LogP contribution is -2.28. The summed E-state index contributed by atoms with van der Waals surface area (Å²) in [5, 5.41) is 2.48. The highest BCUT2D eigenvalue weighted by molar-refractivity contribution is 5.97. The molecule has 0 radical (unpaired) electrons. The third-order valence-corrected chi connectivity index (χ3v) is 1.65. The minimum absolute atomic E-state index is 0.0492. The average molecular weight is 192 g/mol. The molecule has 0 aliphatic carbocycles. The highest BCUT2D eigenvalue weighted by Gasteiger charge is 2.05. The number of anilines is 1. The zero-order valence-electron chi connectivity index (χ0n) is 7.91. The summed E-state index contributed by atoms with van der Waals surface area (Å²) >= 11 is 0. The van der Waals surface area contributed by atoms with E-state index in [2.05, 4.69) is 5.32 Å². The Kier molecular flexibility index (Phi) is 3.23. The Morgan fingerprint density at radius 3 is 2.71 bits per heavy atom. The summed E-state index contributed by atoms with van der Waals surface area (Å²) < 4.78 is 0. The number of rotatable bonds is 3. The Morgan fingerprint density at radius 1 is 1.43 bits per heavy atom. The maximum absolute atomic E-state index is 11.4. The summed E-state index contributed by atoms with van der Waals surface area (Å²) in [6.07, 6.45) is 0. The van der Waals surface area contributed by atoms with Gasteiger partial charge in [-0.3, -0.25) is 9.59 Å². The van der Waals surface area contributed by atoms with Crippen LogP contribution in [0.5, 0.6) is 0 Å². The number of nitrogen functional groups attached to an aromatic ring is 1. The Morgan fingerprint density at radius 2 is 2.14 bits per heavy atom. The molecule has 74 valence electrons. The number of amides is 1. The van der Waals surface area contributed by atoms with E-state index in [-0.39, 0.29) is 18.2 Å². The molecule has 1 amide bonds. The van der Waals surface area contributed by atoms with Crippen LogP contribution in [0, 0.1) is 0 Å². The Labute approximate surface area is 82.1 Å². The maximum atomic E-state index is 11.4. The van der Waals surface area contributed by atoms with Crippen LogP contribution in [0.4, 0.5) is 5.69 Å². The van der Waals surface area contributed by atoms with Crippen molar-refractivity contribution in [2.45, 2.75) is 6.92 Å². The van der Waals surface area contributed by atoms with Crippen molar-refractivity contribution >= 4 is 17.4 Å². The number of nitrogens with one attached hydrogen (secondary N) is 1. The molecule has 0 aromatic heterocycles. The van der Waals surface area contributed by atoms with Gasteiger partial charge in [-0.15, -0.1) is 0 Å². The zero-order chi connectivity index (χ0) is 10.6. The predicted octanol–water partition coefficient (Wildman–Crippen LogP) is 0.588. The van der Waals surface area contributed by atoms with E-state index < -0.39 is 0 Å². The molecule has 0 fully saturated rings. The van der Waals surface area contributed by atoms with Crippen LogP contribution in [0.3, 0.4) is 0 Å².